The number of nitrogens with zero attached hydrogens (tertiary/aromatic N) is 4. The normalized spacial score (nSPS) is 21.2. The third-order valence-electron chi connectivity index (χ3n) is 3.24. The van der Waals surface area contributed by atoms with Gasteiger partial charge in [0.05, 0.1) is 11.9 Å². The van der Waals surface area contributed by atoms with Crippen LogP contribution in [0.2, 0.25) is 0 Å². The molecule has 0 radical (unpaired) electrons. The van der Waals surface area contributed by atoms with E-state index in [0.29, 0.717) is 18.3 Å². The van der Waals surface area contributed by atoms with Gasteiger partial charge in [-0.2, -0.15) is 5.10 Å². The Bertz CT molecular complexity index is 449. The Hall–Kier alpha value is -1.08. The lowest BCUT2D eigenvalue weighted by molar-refractivity contribution is 0.317. The summed E-state index contributed by atoms with van der Waals surface area (Å²) in [7, 11) is 1.21. The van der Waals surface area contributed by atoms with Crippen molar-refractivity contribution in [3.05, 3.63) is 12.4 Å². The number of aryl methyl sites for hydroxylation is 1. The standard InChI is InChI=1S/C10H18N4O2S/c1-12-5-3-4-9(12)8-14(17(15)16)10-6-11-13(2)7-10/h6-7,9,17H,3-5,8H2,1-2H3/t9-/m0/s1. The fourth-order valence-corrected chi connectivity index (χ4v) is 2.83. The molecule has 6 nitrogen and oxygen atoms in total. The van der Waals surface area contributed by atoms with Crippen molar-refractivity contribution in [3.8, 4) is 0 Å². The summed E-state index contributed by atoms with van der Waals surface area (Å²) in [6.07, 6.45) is 5.49. The van der Waals surface area contributed by atoms with Gasteiger partial charge in [-0.05, 0) is 26.4 Å². The number of aromatic nitrogens is 2. The maximum absolute atomic E-state index is 11.3. The highest BCUT2D eigenvalue weighted by Crippen LogP contribution is 2.19. The lowest BCUT2D eigenvalue weighted by atomic mass is 10.2. The number of hydrogen-bond acceptors (Lipinski definition) is 4. The van der Waals surface area contributed by atoms with Gasteiger partial charge in [0.25, 0.3) is 0 Å². The molecule has 1 aromatic heterocycles. The van der Waals surface area contributed by atoms with Gasteiger partial charge >= 0.3 is 0 Å². The average molecular weight is 258 g/mol. The van der Waals surface area contributed by atoms with Crippen molar-refractivity contribution in [1.82, 2.24) is 14.7 Å². The predicted molar refractivity (Wildman–Crippen MR) is 66.5 cm³/mol. The van der Waals surface area contributed by atoms with E-state index in [4.69, 9.17) is 0 Å². The van der Waals surface area contributed by atoms with E-state index in [1.54, 1.807) is 24.1 Å². The van der Waals surface area contributed by atoms with Gasteiger partial charge in [0.2, 0.25) is 10.9 Å². The van der Waals surface area contributed by atoms with Crippen LogP contribution in [0, 0.1) is 0 Å². The van der Waals surface area contributed by atoms with Gasteiger partial charge < -0.3 is 4.90 Å². The monoisotopic (exact) mass is 258 g/mol. The summed E-state index contributed by atoms with van der Waals surface area (Å²) >= 11 is 0. The predicted octanol–water partition coefficient (Wildman–Crippen LogP) is -0.153. The first-order chi connectivity index (χ1) is 8.08. The number of likely N-dealkylation sites (tertiary alicyclic amines) is 1. The summed E-state index contributed by atoms with van der Waals surface area (Å²) in [6, 6.07) is 0.308. The molecule has 1 aromatic rings. The molecule has 17 heavy (non-hydrogen) atoms. The molecule has 1 saturated heterocycles. The Morgan fingerprint density at radius 1 is 1.53 bits per heavy atom. The Labute approximate surface area is 103 Å². The SMILES string of the molecule is CN1CCC[C@H]1CN(c1cnn(C)c1)[SH](=O)=O. The summed E-state index contributed by atoms with van der Waals surface area (Å²) in [6.45, 7) is 1.56. The van der Waals surface area contributed by atoms with Crippen LogP contribution in [0.5, 0.6) is 0 Å². The van der Waals surface area contributed by atoms with Crippen molar-refractivity contribution >= 4 is 16.6 Å². The molecule has 2 heterocycles. The van der Waals surface area contributed by atoms with E-state index < -0.39 is 10.9 Å². The van der Waals surface area contributed by atoms with Crippen molar-refractivity contribution in [2.24, 2.45) is 7.05 Å². The minimum Gasteiger partial charge on any atom is -0.302 e. The molecule has 1 aliphatic heterocycles. The highest BCUT2D eigenvalue weighted by atomic mass is 32.2. The Balaban J connectivity index is 2.13. The second kappa shape index (κ2) is 5.05. The van der Waals surface area contributed by atoms with Gasteiger partial charge in [-0.25, -0.2) is 8.42 Å². The molecule has 0 unspecified atom stereocenters. The van der Waals surface area contributed by atoms with E-state index in [0.717, 1.165) is 19.4 Å². The second-order valence-corrected chi connectivity index (χ2v) is 5.43. The van der Waals surface area contributed by atoms with Crippen LogP contribution in [-0.4, -0.2) is 49.3 Å². The number of rotatable bonds is 4. The molecule has 1 fully saturated rings. The Kier molecular flexibility index (Phi) is 3.68. The Morgan fingerprint density at radius 2 is 2.29 bits per heavy atom. The molecule has 7 heteroatoms. The van der Waals surface area contributed by atoms with Crippen molar-refractivity contribution in [2.45, 2.75) is 18.9 Å². The van der Waals surface area contributed by atoms with Gasteiger partial charge in [-0.3, -0.25) is 8.99 Å². The van der Waals surface area contributed by atoms with Gasteiger partial charge in [-0.15, -0.1) is 0 Å². The highest BCUT2D eigenvalue weighted by Gasteiger charge is 2.25. The number of hydrogen-bond donors (Lipinski definition) is 1. The first kappa shape index (κ1) is 12.4. The maximum atomic E-state index is 11.3. The van der Waals surface area contributed by atoms with Crippen LogP contribution in [0.1, 0.15) is 12.8 Å². The molecule has 1 aliphatic rings. The molecule has 0 aromatic carbocycles. The van der Waals surface area contributed by atoms with Gasteiger partial charge in [0.1, 0.15) is 0 Å². The summed E-state index contributed by atoms with van der Waals surface area (Å²) in [5.41, 5.74) is 0.643. The fourth-order valence-electron chi connectivity index (χ4n) is 2.22. The maximum Gasteiger partial charge on any atom is 0.225 e. The zero-order chi connectivity index (χ0) is 12.4. The van der Waals surface area contributed by atoms with E-state index in [-0.39, 0.29) is 0 Å². The van der Waals surface area contributed by atoms with Crippen molar-refractivity contribution in [3.63, 3.8) is 0 Å². The fraction of sp³-hybridized carbons (Fsp3) is 0.700. The average Bonchev–Trinajstić information content (AvgIpc) is 2.84. The number of anilines is 1. The molecular weight excluding hydrogens is 240 g/mol. The molecule has 0 amide bonds. The molecule has 2 rings (SSSR count). The molecule has 0 spiro atoms. The van der Waals surface area contributed by atoms with Crippen molar-refractivity contribution < 1.29 is 8.42 Å². The zero-order valence-electron chi connectivity index (χ0n) is 10.1. The van der Waals surface area contributed by atoms with E-state index in [1.807, 2.05) is 7.05 Å². The molecule has 96 valence electrons. The van der Waals surface area contributed by atoms with Crippen LogP contribution in [-0.2, 0) is 17.9 Å². The van der Waals surface area contributed by atoms with Crippen LogP contribution in [0.25, 0.3) is 0 Å². The summed E-state index contributed by atoms with van der Waals surface area (Å²) in [4.78, 5) is 2.21. The first-order valence-corrected chi connectivity index (χ1v) is 6.81. The smallest absolute Gasteiger partial charge is 0.225 e. The van der Waals surface area contributed by atoms with Crippen molar-refractivity contribution in [2.75, 3.05) is 24.4 Å². The van der Waals surface area contributed by atoms with Crippen LogP contribution in [0.4, 0.5) is 5.69 Å². The molecule has 0 N–H and O–H groups in total. The van der Waals surface area contributed by atoms with Crippen molar-refractivity contribution in [1.29, 1.82) is 0 Å². The lowest BCUT2D eigenvalue weighted by Crippen LogP contribution is -2.37. The Morgan fingerprint density at radius 3 is 2.76 bits per heavy atom. The zero-order valence-corrected chi connectivity index (χ0v) is 11.0. The highest BCUT2D eigenvalue weighted by molar-refractivity contribution is 7.74. The first-order valence-electron chi connectivity index (χ1n) is 5.68. The summed E-state index contributed by atoms with van der Waals surface area (Å²) in [5.74, 6) is 0. The van der Waals surface area contributed by atoms with Crippen LogP contribution in [0.3, 0.4) is 0 Å². The van der Waals surface area contributed by atoms with E-state index in [1.165, 1.54) is 4.31 Å². The summed E-state index contributed by atoms with van der Waals surface area (Å²) in [5, 5.41) is 4.01. The number of likely N-dealkylation sites (N-methyl/N-ethyl adjacent to an activating group) is 1. The minimum absolute atomic E-state index is 0.308. The third kappa shape index (κ3) is 2.78. The third-order valence-corrected chi connectivity index (χ3v) is 4.03. The van der Waals surface area contributed by atoms with E-state index >= 15 is 0 Å². The van der Waals surface area contributed by atoms with Crippen LogP contribution < -0.4 is 4.31 Å². The topological polar surface area (TPSA) is 58.4 Å². The second-order valence-electron chi connectivity index (χ2n) is 4.47. The molecule has 0 saturated carbocycles. The van der Waals surface area contributed by atoms with Gasteiger partial charge in [-0.1, -0.05) is 0 Å². The molecule has 1 atom stereocenters. The number of thiol groups is 1. The van der Waals surface area contributed by atoms with Gasteiger partial charge in [0.15, 0.2) is 0 Å². The summed E-state index contributed by atoms with van der Waals surface area (Å²) < 4.78 is 25.6. The molecule has 0 bridgehead atoms. The lowest BCUT2D eigenvalue weighted by Gasteiger charge is -2.24. The minimum atomic E-state index is -2.61. The largest absolute Gasteiger partial charge is 0.302 e. The van der Waals surface area contributed by atoms with E-state index in [9.17, 15) is 8.42 Å². The molecule has 0 aliphatic carbocycles. The van der Waals surface area contributed by atoms with Gasteiger partial charge in [0, 0.05) is 25.8 Å². The molecular formula is C10H18N4O2S. The van der Waals surface area contributed by atoms with E-state index in [2.05, 4.69) is 10.00 Å². The van der Waals surface area contributed by atoms with Crippen LogP contribution in [0.15, 0.2) is 12.4 Å². The van der Waals surface area contributed by atoms with Crippen LogP contribution >= 0.6 is 0 Å². The quantitative estimate of drug-likeness (QED) is 0.763.